The average molecular weight is 595 g/mol. The maximum Gasteiger partial charge on any atom is 0.335 e. The highest BCUT2D eigenvalue weighted by atomic mass is 35.5. The van der Waals surface area contributed by atoms with Gasteiger partial charge in [0.1, 0.15) is 24.1 Å². The average Bonchev–Trinajstić information content (AvgIpc) is 3.28. The fourth-order valence-corrected chi connectivity index (χ4v) is 4.81. The van der Waals surface area contributed by atoms with Gasteiger partial charge >= 0.3 is 5.97 Å². The number of aromatic carboxylic acids is 1. The van der Waals surface area contributed by atoms with Crippen molar-refractivity contribution in [3.8, 4) is 17.3 Å². The van der Waals surface area contributed by atoms with Gasteiger partial charge in [-0.25, -0.2) is 23.5 Å². The molecule has 1 fully saturated rings. The fraction of sp³-hybridized carbons (Fsp3) is 0.200. The van der Waals surface area contributed by atoms with Crippen LogP contribution in [0.15, 0.2) is 60.8 Å². The van der Waals surface area contributed by atoms with Crippen molar-refractivity contribution in [2.75, 3.05) is 6.61 Å². The highest BCUT2D eigenvalue weighted by Crippen LogP contribution is 2.27. The zero-order valence-corrected chi connectivity index (χ0v) is 22.6. The molecule has 1 saturated heterocycles. The van der Waals surface area contributed by atoms with E-state index in [9.17, 15) is 18.7 Å². The number of ether oxygens (including phenoxy) is 2. The lowest BCUT2D eigenvalue weighted by Crippen LogP contribution is -2.31. The van der Waals surface area contributed by atoms with Gasteiger partial charge in [0.2, 0.25) is 5.82 Å². The number of carboxylic acids is 1. The van der Waals surface area contributed by atoms with Crippen molar-refractivity contribution in [2.45, 2.75) is 32.1 Å². The summed E-state index contributed by atoms with van der Waals surface area (Å²) in [5, 5.41) is 9.66. The number of rotatable bonds is 9. The summed E-state index contributed by atoms with van der Waals surface area (Å²) >= 11 is 5.77. The molecule has 6 rings (SSSR count). The Labute approximate surface area is 242 Å². The lowest BCUT2D eigenvalue weighted by atomic mass is 10.1. The Morgan fingerprint density at radius 3 is 2.52 bits per heavy atom. The molecule has 0 aliphatic carbocycles. The maximum atomic E-state index is 15.4. The molecule has 42 heavy (non-hydrogen) atoms. The Balaban J connectivity index is 1.25. The minimum absolute atomic E-state index is 0.0176. The molecule has 1 aliphatic rings. The van der Waals surface area contributed by atoms with E-state index in [1.807, 2.05) is 4.57 Å². The van der Waals surface area contributed by atoms with E-state index >= 15 is 4.39 Å². The number of aromatic nitrogens is 4. The fourth-order valence-electron chi connectivity index (χ4n) is 4.65. The van der Waals surface area contributed by atoms with Crippen LogP contribution in [0.1, 0.15) is 33.7 Å². The number of carboxylic acid groups (broad SMARTS) is 1. The number of imidazole rings is 1. The first-order valence-corrected chi connectivity index (χ1v) is 13.3. The van der Waals surface area contributed by atoms with Gasteiger partial charge < -0.3 is 19.1 Å². The van der Waals surface area contributed by atoms with Gasteiger partial charge in [-0.1, -0.05) is 29.8 Å². The van der Waals surface area contributed by atoms with Crippen LogP contribution >= 0.6 is 11.6 Å². The maximum absolute atomic E-state index is 15.4. The molecule has 0 spiro atoms. The molecule has 1 atom stereocenters. The van der Waals surface area contributed by atoms with E-state index in [1.165, 1.54) is 24.3 Å². The summed E-state index contributed by atoms with van der Waals surface area (Å²) < 4.78 is 56.7. The summed E-state index contributed by atoms with van der Waals surface area (Å²) in [6.45, 7) is 0.810. The molecule has 214 valence electrons. The molecule has 12 heteroatoms. The SMILES string of the molecule is O=C(O)c1ccc2nc(Cc3ccc(-c4ncc(F)c(OCc5ccc(Cl)cc5F)n4)cc3F)n(C[C@@H]3CCO3)c2c1. The summed E-state index contributed by atoms with van der Waals surface area (Å²) in [4.78, 5) is 24.2. The van der Waals surface area contributed by atoms with Crippen LogP contribution in [0.25, 0.3) is 22.4 Å². The quantitative estimate of drug-likeness (QED) is 0.216. The van der Waals surface area contributed by atoms with Gasteiger partial charge in [0, 0.05) is 29.2 Å². The van der Waals surface area contributed by atoms with Crippen LogP contribution < -0.4 is 4.74 Å². The zero-order valence-electron chi connectivity index (χ0n) is 21.9. The molecule has 5 aromatic rings. The molecule has 3 aromatic carbocycles. The molecule has 0 saturated carbocycles. The van der Waals surface area contributed by atoms with Crippen molar-refractivity contribution in [3.63, 3.8) is 0 Å². The van der Waals surface area contributed by atoms with Crippen molar-refractivity contribution < 1.29 is 32.5 Å². The van der Waals surface area contributed by atoms with Crippen molar-refractivity contribution in [1.29, 1.82) is 0 Å². The van der Waals surface area contributed by atoms with Gasteiger partial charge in [-0.3, -0.25) is 0 Å². The molecule has 0 unspecified atom stereocenters. The molecule has 3 heterocycles. The van der Waals surface area contributed by atoms with Gasteiger partial charge in [-0.2, -0.15) is 9.37 Å². The van der Waals surface area contributed by atoms with Crippen LogP contribution in [0.2, 0.25) is 5.02 Å². The van der Waals surface area contributed by atoms with Crippen LogP contribution in [-0.4, -0.2) is 43.3 Å². The number of nitrogens with zero attached hydrogens (tertiary/aromatic N) is 4. The first-order valence-electron chi connectivity index (χ1n) is 13.0. The van der Waals surface area contributed by atoms with Crippen LogP contribution in [0, 0.1) is 17.5 Å². The minimum Gasteiger partial charge on any atom is -0.478 e. The Morgan fingerprint density at radius 1 is 1.02 bits per heavy atom. The Kier molecular flexibility index (Phi) is 7.53. The highest BCUT2D eigenvalue weighted by Gasteiger charge is 2.23. The standard InChI is InChI=1S/C30H22ClF3N4O4/c31-20-5-3-19(23(33)12-20)15-42-29-24(34)13-35-28(37-29)17-2-1-16(22(32)9-17)11-27-36-25-6-4-18(30(39)40)10-26(25)38(27)14-21-7-8-41-21/h1-6,9-10,12-13,21H,7-8,11,14-15H2,(H,39,40)/t21-/m0/s1. The molecule has 1 aliphatic heterocycles. The topological polar surface area (TPSA) is 99.4 Å². The van der Waals surface area contributed by atoms with Gasteiger partial charge in [0.15, 0.2) is 5.82 Å². The van der Waals surface area contributed by atoms with Crippen molar-refractivity contribution in [2.24, 2.45) is 0 Å². The summed E-state index contributed by atoms with van der Waals surface area (Å²) in [5.41, 5.74) is 2.12. The number of hydrogen-bond donors (Lipinski definition) is 1. The lowest BCUT2D eigenvalue weighted by Gasteiger charge is -2.27. The molecule has 8 nitrogen and oxygen atoms in total. The number of halogens is 4. The van der Waals surface area contributed by atoms with Crippen molar-refractivity contribution >= 4 is 28.6 Å². The molecule has 0 radical (unpaired) electrons. The number of benzene rings is 3. The third-order valence-corrected chi connectivity index (χ3v) is 7.24. The monoisotopic (exact) mass is 594 g/mol. The summed E-state index contributed by atoms with van der Waals surface area (Å²) in [6.07, 6.45) is 1.85. The Bertz CT molecular complexity index is 1830. The van der Waals surface area contributed by atoms with Gasteiger partial charge in [0.05, 0.1) is 35.4 Å². The Hall–Kier alpha value is -4.48. The van der Waals surface area contributed by atoms with Crippen LogP contribution in [0.3, 0.4) is 0 Å². The molecule has 1 N–H and O–H groups in total. The minimum atomic E-state index is -1.05. The van der Waals surface area contributed by atoms with Crippen LogP contribution in [-0.2, 0) is 24.3 Å². The highest BCUT2D eigenvalue weighted by molar-refractivity contribution is 6.30. The lowest BCUT2D eigenvalue weighted by molar-refractivity contribution is -0.0589. The van der Waals surface area contributed by atoms with Crippen molar-refractivity contribution in [3.05, 3.63) is 106 Å². The molecule has 0 bridgehead atoms. The second kappa shape index (κ2) is 11.4. The third kappa shape index (κ3) is 5.65. The first-order chi connectivity index (χ1) is 20.2. The summed E-state index contributed by atoms with van der Waals surface area (Å²) in [6, 6.07) is 13.1. The molecular formula is C30H22ClF3N4O4. The van der Waals surface area contributed by atoms with E-state index in [-0.39, 0.29) is 46.7 Å². The predicted molar refractivity (Wildman–Crippen MR) is 147 cm³/mol. The van der Waals surface area contributed by atoms with E-state index in [0.717, 1.165) is 18.7 Å². The number of fused-ring (bicyclic) bond motifs is 1. The normalized spacial score (nSPS) is 14.6. The first kappa shape index (κ1) is 27.7. The predicted octanol–water partition coefficient (Wildman–Crippen LogP) is 6.22. The van der Waals surface area contributed by atoms with Crippen LogP contribution in [0.4, 0.5) is 13.2 Å². The largest absolute Gasteiger partial charge is 0.478 e. The van der Waals surface area contributed by atoms with Crippen molar-refractivity contribution in [1.82, 2.24) is 19.5 Å². The zero-order chi connectivity index (χ0) is 29.4. The summed E-state index contributed by atoms with van der Waals surface area (Å²) in [5.74, 6) is -2.91. The number of carbonyl (C=O) groups is 1. The Morgan fingerprint density at radius 2 is 1.81 bits per heavy atom. The molecule has 0 amide bonds. The van der Waals surface area contributed by atoms with E-state index in [4.69, 9.17) is 21.1 Å². The molecular weight excluding hydrogens is 573 g/mol. The molecule has 2 aromatic heterocycles. The second-order valence-corrected chi connectivity index (χ2v) is 10.2. The smallest absolute Gasteiger partial charge is 0.335 e. The second-order valence-electron chi connectivity index (χ2n) is 9.78. The van der Waals surface area contributed by atoms with Crippen LogP contribution in [0.5, 0.6) is 5.88 Å². The summed E-state index contributed by atoms with van der Waals surface area (Å²) in [7, 11) is 0. The number of hydrogen-bond acceptors (Lipinski definition) is 6. The van der Waals surface area contributed by atoms with E-state index in [0.29, 0.717) is 35.6 Å². The third-order valence-electron chi connectivity index (χ3n) is 7.01. The van der Waals surface area contributed by atoms with Gasteiger partial charge in [0.25, 0.3) is 5.88 Å². The van der Waals surface area contributed by atoms with Gasteiger partial charge in [-0.05, 0) is 48.4 Å². The van der Waals surface area contributed by atoms with E-state index in [1.54, 1.807) is 24.3 Å². The van der Waals surface area contributed by atoms with Gasteiger partial charge in [-0.15, -0.1) is 0 Å². The van der Waals surface area contributed by atoms with E-state index in [2.05, 4.69) is 15.0 Å². The van der Waals surface area contributed by atoms with E-state index < -0.39 is 29.3 Å².